The van der Waals surface area contributed by atoms with Gasteiger partial charge in [-0.25, -0.2) is 4.68 Å². The minimum absolute atomic E-state index is 0.0637. The summed E-state index contributed by atoms with van der Waals surface area (Å²) in [5.41, 5.74) is 4.46. The van der Waals surface area contributed by atoms with Crippen LogP contribution in [-0.4, -0.2) is 38.9 Å². The van der Waals surface area contributed by atoms with Crippen molar-refractivity contribution in [3.05, 3.63) is 102 Å². The molecule has 1 aromatic heterocycles. The average molecular weight is 519 g/mol. The number of aromatic nitrogens is 3. The fourth-order valence-electron chi connectivity index (χ4n) is 4.69. The Hall–Kier alpha value is -4.77. The largest absolute Gasteiger partial charge is 0.352 e. The molecule has 1 atom stereocenters. The molecule has 196 valence electrons. The summed E-state index contributed by atoms with van der Waals surface area (Å²) in [6.45, 7) is 3.78. The maximum absolute atomic E-state index is 13.4. The lowest BCUT2D eigenvalue weighted by molar-refractivity contribution is -0.130. The lowest BCUT2D eigenvalue weighted by Crippen LogP contribution is -2.52. The summed E-state index contributed by atoms with van der Waals surface area (Å²) in [7, 11) is 0. The molecular weight excluding hydrogens is 488 g/mol. The van der Waals surface area contributed by atoms with Crippen molar-refractivity contribution in [2.45, 2.75) is 50.6 Å². The summed E-state index contributed by atoms with van der Waals surface area (Å²) in [4.78, 5) is 26.4. The van der Waals surface area contributed by atoms with Gasteiger partial charge in [-0.2, -0.15) is 5.26 Å². The predicted octanol–water partition coefficient (Wildman–Crippen LogP) is 4.09. The van der Waals surface area contributed by atoms with Gasteiger partial charge in [0.15, 0.2) is 0 Å². The van der Waals surface area contributed by atoms with Crippen molar-refractivity contribution in [2.24, 2.45) is 0 Å². The van der Waals surface area contributed by atoms with E-state index in [0.29, 0.717) is 11.3 Å². The van der Waals surface area contributed by atoms with E-state index in [1.165, 1.54) is 0 Å². The number of nitrogens with zero attached hydrogens (tertiary/aromatic N) is 4. The zero-order valence-electron chi connectivity index (χ0n) is 22.0. The van der Waals surface area contributed by atoms with E-state index in [1.807, 2.05) is 80.6 Å². The molecular formula is C31H30N6O2. The van der Waals surface area contributed by atoms with Gasteiger partial charge in [-0.1, -0.05) is 59.8 Å². The number of benzene rings is 3. The minimum atomic E-state index is -0.773. The first-order valence-corrected chi connectivity index (χ1v) is 13.1. The highest BCUT2D eigenvalue weighted by Crippen LogP contribution is 2.48. The Balaban J connectivity index is 1.31. The van der Waals surface area contributed by atoms with Gasteiger partial charge in [0.05, 0.1) is 34.6 Å². The number of rotatable bonds is 9. The summed E-state index contributed by atoms with van der Waals surface area (Å²) < 4.78 is 1.66. The van der Waals surface area contributed by atoms with Crippen molar-refractivity contribution in [2.75, 3.05) is 0 Å². The molecule has 1 unspecified atom stereocenters. The van der Waals surface area contributed by atoms with Gasteiger partial charge < -0.3 is 10.6 Å². The molecule has 8 heteroatoms. The molecule has 1 heterocycles. The third-order valence-corrected chi connectivity index (χ3v) is 7.00. The zero-order valence-corrected chi connectivity index (χ0v) is 22.0. The van der Waals surface area contributed by atoms with E-state index >= 15 is 0 Å². The van der Waals surface area contributed by atoms with Crippen molar-refractivity contribution < 1.29 is 9.59 Å². The van der Waals surface area contributed by atoms with Crippen molar-refractivity contribution in [3.8, 4) is 22.9 Å². The van der Waals surface area contributed by atoms with Gasteiger partial charge in [0, 0.05) is 12.5 Å². The molecule has 5 rings (SSSR count). The number of nitriles is 1. The molecule has 0 spiro atoms. The summed E-state index contributed by atoms with van der Waals surface area (Å²) in [6.07, 6.45) is 3.52. The first-order valence-electron chi connectivity index (χ1n) is 13.1. The highest BCUT2D eigenvalue weighted by Gasteiger charge is 2.51. The SMILES string of the molecule is CC(C)NC(=O)C(Cc1cn(-c2ccc(-c3ccc(C#N)cc3)cc2)nn1)NC(=O)C1(c2ccccc2)CC1. The van der Waals surface area contributed by atoms with E-state index in [1.54, 1.807) is 23.0 Å². The van der Waals surface area contributed by atoms with Crippen LogP contribution in [0.25, 0.3) is 16.8 Å². The number of hydrogen-bond acceptors (Lipinski definition) is 5. The molecule has 1 aliphatic rings. The van der Waals surface area contributed by atoms with Gasteiger partial charge in [-0.15, -0.1) is 5.10 Å². The van der Waals surface area contributed by atoms with Crippen LogP contribution >= 0.6 is 0 Å². The standard InChI is InChI=1S/C31H30N6O2/c1-21(2)33-29(38)28(34-30(39)31(16-17-31)25-6-4-3-5-7-25)18-26-20-37(36-35-26)27-14-12-24(13-15-27)23-10-8-22(19-32)9-11-23/h3-15,20-21,28H,16-18H2,1-2H3,(H,33,38)(H,34,39). The second-order valence-electron chi connectivity index (χ2n) is 10.2. The van der Waals surface area contributed by atoms with E-state index in [4.69, 9.17) is 5.26 Å². The Bertz CT molecular complexity index is 1500. The van der Waals surface area contributed by atoms with Crippen LogP contribution < -0.4 is 10.6 Å². The van der Waals surface area contributed by atoms with Crippen LogP contribution in [0.3, 0.4) is 0 Å². The molecule has 0 radical (unpaired) electrons. The highest BCUT2D eigenvalue weighted by atomic mass is 16.2. The molecule has 4 aromatic rings. The van der Waals surface area contributed by atoms with Gasteiger partial charge in [-0.05, 0) is 67.6 Å². The topological polar surface area (TPSA) is 113 Å². The van der Waals surface area contributed by atoms with E-state index in [0.717, 1.165) is 35.2 Å². The molecule has 8 nitrogen and oxygen atoms in total. The molecule has 1 aliphatic carbocycles. The Labute approximate surface area is 227 Å². The summed E-state index contributed by atoms with van der Waals surface area (Å²) in [5, 5.41) is 23.5. The van der Waals surface area contributed by atoms with Gasteiger partial charge in [-0.3, -0.25) is 9.59 Å². The van der Waals surface area contributed by atoms with E-state index in [9.17, 15) is 9.59 Å². The zero-order chi connectivity index (χ0) is 27.4. The quantitative estimate of drug-likeness (QED) is 0.347. The van der Waals surface area contributed by atoms with Gasteiger partial charge in [0.1, 0.15) is 6.04 Å². The third-order valence-electron chi connectivity index (χ3n) is 7.00. The van der Waals surface area contributed by atoms with Gasteiger partial charge in [0.25, 0.3) is 0 Å². The normalized spacial score (nSPS) is 14.3. The fourth-order valence-corrected chi connectivity index (χ4v) is 4.69. The second-order valence-corrected chi connectivity index (χ2v) is 10.2. The molecule has 3 aromatic carbocycles. The number of nitrogens with one attached hydrogen (secondary N) is 2. The summed E-state index contributed by atoms with van der Waals surface area (Å²) in [6, 6.07) is 26.3. The molecule has 0 bridgehead atoms. The molecule has 2 N–H and O–H groups in total. The fraction of sp³-hybridized carbons (Fsp3) is 0.258. The lowest BCUT2D eigenvalue weighted by atomic mass is 9.94. The maximum Gasteiger partial charge on any atom is 0.243 e. The van der Waals surface area contributed by atoms with Gasteiger partial charge >= 0.3 is 0 Å². The Morgan fingerprint density at radius 2 is 1.59 bits per heavy atom. The molecule has 0 saturated heterocycles. The maximum atomic E-state index is 13.4. The van der Waals surface area contributed by atoms with E-state index in [-0.39, 0.29) is 24.3 Å². The van der Waals surface area contributed by atoms with E-state index < -0.39 is 11.5 Å². The van der Waals surface area contributed by atoms with Crippen molar-refractivity contribution in [1.29, 1.82) is 5.26 Å². The molecule has 1 saturated carbocycles. The molecule has 39 heavy (non-hydrogen) atoms. The minimum Gasteiger partial charge on any atom is -0.352 e. The van der Waals surface area contributed by atoms with Crippen LogP contribution in [0.15, 0.2) is 85.1 Å². The van der Waals surface area contributed by atoms with Crippen molar-refractivity contribution in [3.63, 3.8) is 0 Å². The second kappa shape index (κ2) is 10.9. The van der Waals surface area contributed by atoms with Crippen LogP contribution in [-0.2, 0) is 21.4 Å². The Morgan fingerprint density at radius 3 is 2.18 bits per heavy atom. The van der Waals surface area contributed by atoms with E-state index in [2.05, 4.69) is 27.0 Å². The number of carbonyl (C=O) groups is 2. The highest BCUT2D eigenvalue weighted by molar-refractivity contribution is 5.95. The van der Waals surface area contributed by atoms with Crippen molar-refractivity contribution >= 4 is 11.8 Å². The Kier molecular flexibility index (Phi) is 7.24. The Morgan fingerprint density at radius 1 is 0.949 bits per heavy atom. The van der Waals surface area contributed by atoms with Crippen LogP contribution in [0.1, 0.15) is 43.5 Å². The number of amides is 2. The summed E-state index contributed by atoms with van der Waals surface area (Å²) in [5.74, 6) is -0.382. The first kappa shape index (κ1) is 25.9. The third kappa shape index (κ3) is 5.73. The predicted molar refractivity (Wildman–Crippen MR) is 148 cm³/mol. The smallest absolute Gasteiger partial charge is 0.243 e. The van der Waals surface area contributed by atoms with Gasteiger partial charge in [0.2, 0.25) is 11.8 Å². The summed E-state index contributed by atoms with van der Waals surface area (Å²) >= 11 is 0. The molecule has 2 amide bonds. The number of hydrogen-bond donors (Lipinski definition) is 2. The molecule has 1 fully saturated rings. The van der Waals surface area contributed by atoms with Crippen LogP contribution in [0.2, 0.25) is 0 Å². The van der Waals surface area contributed by atoms with Crippen LogP contribution in [0, 0.1) is 11.3 Å². The molecule has 0 aliphatic heterocycles. The lowest BCUT2D eigenvalue weighted by Gasteiger charge is -2.23. The van der Waals surface area contributed by atoms with Crippen LogP contribution in [0.4, 0.5) is 0 Å². The van der Waals surface area contributed by atoms with Crippen LogP contribution in [0.5, 0.6) is 0 Å². The number of carbonyl (C=O) groups excluding carboxylic acids is 2. The first-order chi connectivity index (χ1) is 18.9. The average Bonchev–Trinajstić information content (AvgIpc) is 3.65. The van der Waals surface area contributed by atoms with Crippen molar-refractivity contribution in [1.82, 2.24) is 25.6 Å². The monoisotopic (exact) mass is 518 g/mol.